The van der Waals surface area contributed by atoms with Crippen molar-refractivity contribution in [1.29, 1.82) is 5.26 Å². The molecule has 3 rings (SSSR count). The lowest BCUT2D eigenvalue weighted by Gasteiger charge is -2.25. The van der Waals surface area contributed by atoms with Gasteiger partial charge in [0, 0.05) is 0 Å². The summed E-state index contributed by atoms with van der Waals surface area (Å²) in [6.45, 7) is 0. The Hall–Kier alpha value is -2.81. The fraction of sp³-hybridized carbons (Fsp3) is 0.0833. The highest BCUT2D eigenvalue weighted by molar-refractivity contribution is 5.50. The van der Waals surface area contributed by atoms with Crippen molar-refractivity contribution in [2.45, 2.75) is 6.04 Å². The summed E-state index contributed by atoms with van der Waals surface area (Å²) in [5, 5.41) is 16.3. The van der Waals surface area contributed by atoms with Crippen LogP contribution in [0.2, 0.25) is 0 Å². The summed E-state index contributed by atoms with van der Waals surface area (Å²) in [6.07, 6.45) is 1.44. The Morgan fingerprint density at radius 1 is 1.33 bits per heavy atom. The minimum Gasteiger partial charge on any atom is -0.384 e. The lowest BCUT2D eigenvalue weighted by molar-refractivity contribution is 0.585. The third kappa shape index (κ3) is 1.42. The number of rotatable bonds is 1. The van der Waals surface area contributed by atoms with E-state index < -0.39 is 0 Å². The van der Waals surface area contributed by atoms with Crippen LogP contribution in [0.15, 0.2) is 48.1 Å². The largest absolute Gasteiger partial charge is 0.384 e. The van der Waals surface area contributed by atoms with Gasteiger partial charge in [0.25, 0.3) is 0 Å². The zero-order valence-electron chi connectivity index (χ0n) is 9.41. The van der Waals surface area contributed by atoms with Crippen LogP contribution in [0.3, 0.4) is 0 Å². The number of aromatic nitrogens is 3. The van der Waals surface area contributed by atoms with E-state index in [0.29, 0.717) is 17.3 Å². The lowest BCUT2D eigenvalue weighted by Crippen LogP contribution is -2.28. The van der Waals surface area contributed by atoms with E-state index in [1.165, 1.54) is 6.33 Å². The zero-order valence-corrected chi connectivity index (χ0v) is 9.41. The number of nitrogens with two attached hydrogens (primary N) is 1. The average molecular weight is 238 g/mol. The average Bonchev–Trinajstić information content (AvgIpc) is 2.85. The van der Waals surface area contributed by atoms with Gasteiger partial charge in [0.2, 0.25) is 5.95 Å². The molecule has 18 heavy (non-hydrogen) atoms. The number of nitrogens with one attached hydrogen (secondary N) is 1. The normalized spacial score (nSPS) is 17.8. The summed E-state index contributed by atoms with van der Waals surface area (Å²) in [5.41, 5.74) is 7.25. The monoisotopic (exact) mass is 238 g/mol. The van der Waals surface area contributed by atoms with Crippen LogP contribution in [-0.4, -0.2) is 14.8 Å². The van der Waals surface area contributed by atoms with Gasteiger partial charge in [-0.25, -0.2) is 4.68 Å². The SMILES string of the molecule is N#CC1=C(N)Nc2ncnn2[C@@H]1c1ccccc1. The summed E-state index contributed by atoms with van der Waals surface area (Å²) in [4.78, 5) is 4.07. The molecule has 0 aliphatic carbocycles. The van der Waals surface area contributed by atoms with E-state index in [4.69, 9.17) is 5.73 Å². The van der Waals surface area contributed by atoms with E-state index in [1.807, 2.05) is 30.3 Å². The molecule has 3 N–H and O–H groups in total. The van der Waals surface area contributed by atoms with Gasteiger partial charge >= 0.3 is 0 Å². The smallest absolute Gasteiger partial charge is 0.227 e. The molecule has 0 radical (unpaired) electrons. The van der Waals surface area contributed by atoms with Gasteiger partial charge in [-0.1, -0.05) is 30.3 Å². The summed E-state index contributed by atoms with van der Waals surface area (Å²) in [6, 6.07) is 11.4. The van der Waals surface area contributed by atoms with Gasteiger partial charge in [-0.3, -0.25) is 0 Å². The number of nitriles is 1. The molecule has 1 aliphatic heterocycles. The Balaban J connectivity index is 2.20. The van der Waals surface area contributed by atoms with E-state index >= 15 is 0 Å². The number of hydrogen-bond donors (Lipinski definition) is 2. The maximum Gasteiger partial charge on any atom is 0.227 e. The van der Waals surface area contributed by atoms with Crippen LogP contribution in [0.1, 0.15) is 11.6 Å². The Bertz CT molecular complexity index is 649. The Morgan fingerprint density at radius 3 is 2.83 bits per heavy atom. The number of fused-ring (bicyclic) bond motifs is 1. The number of benzene rings is 1. The number of anilines is 1. The van der Waals surface area contributed by atoms with Crippen LogP contribution in [0, 0.1) is 11.3 Å². The van der Waals surface area contributed by atoms with Crippen LogP contribution in [-0.2, 0) is 0 Å². The first-order valence-corrected chi connectivity index (χ1v) is 5.42. The van der Waals surface area contributed by atoms with Gasteiger partial charge < -0.3 is 11.1 Å². The molecular weight excluding hydrogens is 228 g/mol. The highest BCUT2D eigenvalue weighted by Crippen LogP contribution is 2.32. The van der Waals surface area contributed by atoms with Gasteiger partial charge in [0.15, 0.2) is 0 Å². The van der Waals surface area contributed by atoms with E-state index in [0.717, 1.165) is 5.56 Å². The second-order valence-electron chi connectivity index (χ2n) is 3.91. The molecule has 2 aromatic rings. The summed E-state index contributed by atoms with van der Waals surface area (Å²) in [7, 11) is 0. The Labute approximate surface area is 103 Å². The molecule has 0 saturated carbocycles. The fourth-order valence-electron chi connectivity index (χ4n) is 2.05. The molecule has 0 unspecified atom stereocenters. The van der Waals surface area contributed by atoms with Crippen molar-refractivity contribution in [2.24, 2.45) is 5.73 Å². The van der Waals surface area contributed by atoms with Gasteiger partial charge in [-0.05, 0) is 5.56 Å². The van der Waals surface area contributed by atoms with Crippen molar-refractivity contribution in [3.05, 3.63) is 53.6 Å². The first-order valence-electron chi connectivity index (χ1n) is 5.42. The quantitative estimate of drug-likeness (QED) is 0.772. The lowest BCUT2D eigenvalue weighted by atomic mass is 9.98. The van der Waals surface area contributed by atoms with E-state index in [2.05, 4.69) is 21.5 Å². The van der Waals surface area contributed by atoms with Gasteiger partial charge in [0.05, 0.1) is 5.57 Å². The predicted octanol–water partition coefficient (Wildman–Crippen LogP) is 0.987. The molecule has 1 aromatic heterocycles. The van der Waals surface area contributed by atoms with Crippen LogP contribution in [0.5, 0.6) is 0 Å². The molecular formula is C12H10N6. The summed E-state index contributed by atoms with van der Waals surface area (Å²) >= 11 is 0. The first-order chi connectivity index (χ1) is 8.81. The fourth-order valence-corrected chi connectivity index (χ4v) is 2.05. The van der Waals surface area contributed by atoms with Crippen LogP contribution < -0.4 is 11.1 Å². The van der Waals surface area contributed by atoms with Crippen molar-refractivity contribution in [3.8, 4) is 6.07 Å². The van der Waals surface area contributed by atoms with Crippen LogP contribution in [0.4, 0.5) is 5.95 Å². The summed E-state index contributed by atoms with van der Waals surface area (Å²) < 4.78 is 1.66. The van der Waals surface area contributed by atoms with Gasteiger partial charge in [-0.2, -0.15) is 15.3 Å². The molecule has 0 saturated heterocycles. The molecule has 6 nitrogen and oxygen atoms in total. The second-order valence-corrected chi connectivity index (χ2v) is 3.91. The summed E-state index contributed by atoms with van der Waals surface area (Å²) in [5.74, 6) is 0.868. The van der Waals surface area contributed by atoms with Crippen molar-refractivity contribution in [2.75, 3.05) is 5.32 Å². The first kappa shape index (κ1) is 10.4. The molecule has 6 heteroatoms. The van der Waals surface area contributed by atoms with Crippen molar-refractivity contribution >= 4 is 5.95 Å². The van der Waals surface area contributed by atoms with Crippen molar-refractivity contribution < 1.29 is 0 Å². The topological polar surface area (TPSA) is 92.6 Å². The van der Waals surface area contributed by atoms with Gasteiger partial charge in [0.1, 0.15) is 24.3 Å². The molecule has 0 amide bonds. The molecule has 1 aliphatic rings. The predicted molar refractivity (Wildman–Crippen MR) is 65.1 cm³/mol. The minimum absolute atomic E-state index is 0.324. The molecule has 1 atom stereocenters. The zero-order chi connectivity index (χ0) is 12.5. The number of hydrogen-bond acceptors (Lipinski definition) is 5. The number of allylic oxidation sites excluding steroid dienone is 1. The van der Waals surface area contributed by atoms with Crippen LogP contribution >= 0.6 is 0 Å². The van der Waals surface area contributed by atoms with E-state index in [-0.39, 0.29) is 6.04 Å². The molecule has 2 heterocycles. The van der Waals surface area contributed by atoms with Gasteiger partial charge in [-0.15, -0.1) is 0 Å². The highest BCUT2D eigenvalue weighted by atomic mass is 15.4. The van der Waals surface area contributed by atoms with E-state index in [9.17, 15) is 5.26 Å². The standard InChI is InChI=1S/C12H10N6/c13-6-9-10(8-4-2-1-3-5-8)18-12(15-7-16-18)17-11(9)14/h1-5,7,10H,14H2,(H,15,16,17)/t10-/m1/s1. The Morgan fingerprint density at radius 2 is 2.11 bits per heavy atom. The number of nitrogens with zero attached hydrogens (tertiary/aromatic N) is 4. The minimum atomic E-state index is -0.324. The second kappa shape index (κ2) is 3.89. The molecule has 0 spiro atoms. The van der Waals surface area contributed by atoms with Crippen molar-refractivity contribution in [3.63, 3.8) is 0 Å². The van der Waals surface area contributed by atoms with E-state index in [1.54, 1.807) is 4.68 Å². The Kier molecular flexibility index (Phi) is 2.24. The van der Waals surface area contributed by atoms with Crippen molar-refractivity contribution in [1.82, 2.24) is 14.8 Å². The maximum atomic E-state index is 9.27. The maximum absolute atomic E-state index is 9.27. The third-order valence-electron chi connectivity index (χ3n) is 2.86. The molecule has 88 valence electrons. The highest BCUT2D eigenvalue weighted by Gasteiger charge is 2.29. The molecule has 0 fully saturated rings. The molecule has 0 bridgehead atoms. The third-order valence-corrected chi connectivity index (χ3v) is 2.86. The van der Waals surface area contributed by atoms with Crippen LogP contribution in [0.25, 0.3) is 0 Å². The molecule has 1 aromatic carbocycles.